The Balaban J connectivity index is 1.17. The molecule has 0 saturated carbocycles. The van der Waals surface area contributed by atoms with Gasteiger partial charge in [0.15, 0.2) is 12.5 Å². The van der Waals surface area contributed by atoms with Crippen molar-refractivity contribution in [1.82, 2.24) is 44.5 Å². The Hall–Kier alpha value is -4.21. The quantitative estimate of drug-likeness (QED) is 0.106. The van der Waals surface area contributed by atoms with E-state index in [1.807, 2.05) is 0 Å². The fourth-order valence-corrected chi connectivity index (χ4v) is 4.97. The summed E-state index contributed by atoms with van der Waals surface area (Å²) in [5, 5.41) is 77.1. The van der Waals surface area contributed by atoms with E-state index in [4.69, 9.17) is 9.47 Å². The van der Waals surface area contributed by atoms with Gasteiger partial charge in [0.2, 0.25) is 0 Å². The molecule has 2 aliphatic heterocycles. The van der Waals surface area contributed by atoms with Crippen molar-refractivity contribution in [2.24, 2.45) is 0 Å². The van der Waals surface area contributed by atoms with Crippen LogP contribution >= 0.6 is 0 Å². The fraction of sp³-hybridized carbons (Fsp3) is 0.458. The largest absolute Gasteiger partial charge is 0.394 e. The highest BCUT2D eigenvalue weighted by molar-refractivity contribution is 5.60. The number of aliphatic hydroxyl groups excluding tert-OH is 6. The predicted octanol–water partition coefficient (Wildman–Crippen LogP) is -4.26. The summed E-state index contributed by atoms with van der Waals surface area (Å²) in [4.78, 5) is 30.1. The Kier molecular flexibility index (Phi) is 7.70. The molecule has 228 valence electrons. The van der Waals surface area contributed by atoms with Crippen molar-refractivity contribution >= 4 is 0 Å². The maximum Gasteiger partial charge on any atom is 0.330 e. The van der Waals surface area contributed by atoms with Crippen molar-refractivity contribution in [2.45, 2.75) is 61.7 Å². The average molecular weight is 602 g/mol. The zero-order chi connectivity index (χ0) is 30.4. The number of hydrogen-bond acceptors (Lipinski definition) is 15. The summed E-state index contributed by atoms with van der Waals surface area (Å²) in [5.74, 6) is 0. The SMILES string of the molecule is O=c1ccn([C@@H]2O[C@H](Cn3cc(-c4cccc(-c5cn([C@@H]6O[C@H](CO)[C@H](O)[C@H](O)[C@H]6O)nn5)n4)nn3)[C@@H](O)[C@H]2O)c(=O)[nH]1. The summed E-state index contributed by atoms with van der Waals surface area (Å²) < 4.78 is 14.7. The van der Waals surface area contributed by atoms with E-state index in [0.717, 1.165) is 15.3 Å². The van der Waals surface area contributed by atoms with Crippen LogP contribution in [0.4, 0.5) is 0 Å². The molecule has 0 radical (unpaired) electrons. The maximum atomic E-state index is 12.1. The number of rotatable bonds is 7. The Morgan fingerprint density at radius 1 is 0.767 bits per heavy atom. The Bertz CT molecular complexity index is 1700. The second-order valence-electron chi connectivity index (χ2n) is 10.1. The van der Waals surface area contributed by atoms with Gasteiger partial charge in [0.25, 0.3) is 5.56 Å². The molecule has 2 saturated heterocycles. The predicted molar refractivity (Wildman–Crippen MR) is 139 cm³/mol. The van der Waals surface area contributed by atoms with E-state index >= 15 is 0 Å². The minimum Gasteiger partial charge on any atom is -0.394 e. The van der Waals surface area contributed by atoms with Crippen LogP contribution in [0.25, 0.3) is 22.8 Å². The minimum atomic E-state index is -1.58. The number of nitrogens with one attached hydrogen (secondary N) is 1. The molecule has 7 N–H and O–H groups in total. The summed E-state index contributed by atoms with van der Waals surface area (Å²) in [6.45, 7) is -0.623. The molecule has 0 unspecified atom stereocenters. The third-order valence-electron chi connectivity index (χ3n) is 7.28. The molecular weight excluding hydrogens is 574 g/mol. The minimum absolute atomic E-state index is 0.0348. The van der Waals surface area contributed by atoms with Gasteiger partial charge in [0, 0.05) is 12.3 Å². The number of pyridine rings is 1. The second kappa shape index (κ2) is 11.5. The summed E-state index contributed by atoms with van der Waals surface area (Å²) >= 11 is 0. The lowest BCUT2D eigenvalue weighted by Gasteiger charge is -2.39. The molecule has 0 aromatic carbocycles. The van der Waals surface area contributed by atoms with E-state index in [1.165, 1.54) is 17.1 Å². The number of nitrogens with zero attached hydrogens (tertiary/aromatic N) is 8. The Morgan fingerprint density at radius 2 is 1.42 bits per heavy atom. The van der Waals surface area contributed by atoms with E-state index in [0.29, 0.717) is 17.1 Å². The number of aromatic amines is 1. The highest BCUT2D eigenvalue weighted by Gasteiger charge is 2.45. The van der Waals surface area contributed by atoms with Crippen molar-refractivity contribution in [1.29, 1.82) is 0 Å². The van der Waals surface area contributed by atoms with Gasteiger partial charge in [-0.2, -0.15) is 0 Å². The molecule has 6 heterocycles. The van der Waals surface area contributed by atoms with Gasteiger partial charge in [0.05, 0.1) is 36.9 Å². The molecule has 6 rings (SSSR count). The van der Waals surface area contributed by atoms with Crippen LogP contribution in [-0.2, 0) is 16.0 Å². The number of hydrogen-bond donors (Lipinski definition) is 7. The molecule has 0 bridgehead atoms. The van der Waals surface area contributed by atoms with Crippen LogP contribution in [0.1, 0.15) is 12.5 Å². The third-order valence-corrected chi connectivity index (χ3v) is 7.28. The van der Waals surface area contributed by atoms with Crippen LogP contribution in [-0.4, -0.2) is 124 Å². The number of aromatic nitrogens is 9. The van der Waals surface area contributed by atoms with Crippen LogP contribution in [0.2, 0.25) is 0 Å². The lowest BCUT2D eigenvalue weighted by Crippen LogP contribution is -2.56. The van der Waals surface area contributed by atoms with Crippen LogP contribution < -0.4 is 11.2 Å². The molecule has 19 heteroatoms. The van der Waals surface area contributed by atoms with E-state index < -0.39 is 73.0 Å². The normalized spacial score (nSPS) is 31.0. The van der Waals surface area contributed by atoms with E-state index in [-0.39, 0.29) is 12.2 Å². The number of H-pyrrole nitrogens is 1. The van der Waals surface area contributed by atoms with Gasteiger partial charge in [-0.3, -0.25) is 14.3 Å². The van der Waals surface area contributed by atoms with Crippen molar-refractivity contribution in [2.75, 3.05) is 6.61 Å². The van der Waals surface area contributed by atoms with Crippen molar-refractivity contribution in [3.8, 4) is 22.8 Å². The van der Waals surface area contributed by atoms with Gasteiger partial charge < -0.3 is 40.1 Å². The van der Waals surface area contributed by atoms with Gasteiger partial charge in [-0.1, -0.05) is 16.5 Å². The molecule has 0 amide bonds. The summed E-state index contributed by atoms with van der Waals surface area (Å²) in [7, 11) is 0. The molecule has 9 atom stereocenters. The summed E-state index contributed by atoms with van der Waals surface area (Å²) in [6.07, 6.45) is -7.88. The molecule has 4 aromatic rings. The Morgan fingerprint density at radius 3 is 2.14 bits per heavy atom. The van der Waals surface area contributed by atoms with Crippen molar-refractivity contribution in [3.05, 3.63) is 63.7 Å². The van der Waals surface area contributed by atoms with Crippen LogP contribution in [0.3, 0.4) is 0 Å². The molecule has 19 nitrogen and oxygen atoms in total. The van der Waals surface area contributed by atoms with Gasteiger partial charge in [-0.25, -0.2) is 19.1 Å². The van der Waals surface area contributed by atoms with Gasteiger partial charge in [-0.15, -0.1) is 10.2 Å². The number of aliphatic hydroxyl groups is 6. The summed E-state index contributed by atoms with van der Waals surface area (Å²) in [5.41, 5.74) is -0.00833. The van der Waals surface area contributed by atoms with Crippen LogP contribution in [0.5, 0.6) is 0 Å². The molecule has 4 aromatic heterocycles. The Labute approximate surface area is 239 Å². The van der Waals surface area contributed by atoms with Crippen molar-refractivity contribution in [3.63, 3.8) is 0 Å². The first-order valence-electron chi connectivity index (χ1n) is 13.1. The zero-order valence-corrected chi connectivity index (χ0v) is 22.0. The fourth-order valence-electron chi connectivity index (χ4n) is 4.97. The first kappa shape index (κ1) is 28.9. The van der Waals surface area contributed by atoms with Crippen molar-refractivity contribution < 1.29 is 40.1 Å². The maximum absolute atomic E-state index is 12.1. The van der Waals surface area contributed by atoms with Gasteiger partial charge >= 0.3 is 5.69 Å². The third kappa shape index (κ3) is 5.39. The molecule has 0 aliphatic carbocycles. The van der Waals surface area contributed by atoms with Crippen LogP contribution in [0.15, 0.2) is 52.4 Å². The molecule has 2 fully saturated rings. The van der Waals surface area contributed by atoms with E-state index in [1.54, 1.807) is 24.4 Å². The topological polar surface area (TPSA) is 269 Å². The molecule has 2 aliphatic rings. The monoisotopic (exact) mass is 601 g/mol. The number of ether oxygens (including phenoxy) is 2. The zero-order valence-electron chi connectivity index (χ0n) is 22.0. The van der Waals surface area contributed by atoms with E-state index in [2.05, 4.69) is 30.6 Å². The first-order chi connectivity index (χ1) is 20.6. The highest BCUT2D eigenvalue weighted by atomic mass is 16.6. The van der Waals surface area contributed by atoms with E-state index in [9.17, 15) is 40.2 Å². The van der Waals surface area contributed by atoms with Crippen LogP contribution in [0, 0.1) is 0 Å². The lowest BCUT2D eigenvalue weighted by atomic mass is 9.98. The molecular formula is C24H27N9O10. The lowest BCUT2D eigenvalue weighted by molar-refractivity contribution is -0.254. The van der Waals surface area contributed by atoms with Gasteiger partial charge in [0.1, 0.15) is 54.1 Å². The van der Waals surface area contributed by atoms with Gasteiger partial charge in [-0.05, 0) is 12.1 Å². The summed E-state index contributed by atoms with van der Waals surface area (Å²) in [6, 6.07) is 6.11. The molecule has 43 heavy (non-hydrogen) atoms. The molecule has 0 spiro atoms. The standard InChI is InChI=1S/C24H27N9O10/c34-9-15-18(37)19(38)21(40)23(43-15)33-7-13(28-30-33)11-3-1-2-10(25-11)12-6-31(29-27-12)8-14-17(36)20(39)22(42-14)32-5-4-16(35)26-24(32)41/h1-7,14-15,17-23,34,36-40H,8-9H2,(H,26,35,41)/t14-,15-,17-,18+,19+,20-,21-,22-,23-/m1/s1. The second-order valence-corrected chi connectivity index (χ2v) is 10.1. The highest BCUT2D eigenvalue weighted by Crippen LogP contribution is 2.30. The first-order valence-corrected chi connectivity index (χ1v) is 13.1. The smallest absolute Gasteiger partial charge is 0.330 e. The average Bonchev–Trinajstić information content (AvgIpc) is 3.74.